The highest BCUT2D eigenvalue weighted by molar-refractivity contribution is 7.25. The Hall–Kier alpha value is -0.560. The number of esters is 1. The fourth-order valence-corrected chi connectivity index (χ4v) is 8.67. The normalized spacial score (nSPS) is 37.4. The van der Waals surface area contributed by atoms with Crippen LogP contribution in [0.5, 0.6) is 0 Å². The summed E-state index contributed by atoms with van der Waals surface area (Å²) in [5.74, 6) is -2.31. The molecule has 1 amide bonds. The fourth-order valence-electron chi connectivity index (χ4n) is 6.87. The molecule has 9 unspecified atom stereocenters. The van der Waals surface area contributed by atoms with Crippen LogP contribution >= 0.6 is 46.3 Å². The molecule has 0 aromatic heterocycles. The monoisotopic (exact) mass is 881 g/mol. The molecule has 18 nitrogen and oxygen atoms in total. The molecule has 3 rings (SSSR count). The van der Waals surface area contributed by atoms with Crippen molar-refractivity contribution in [3.05, 3.63) is 12.7 Å². The highest BCUT2D eigenvalue weighted by Gasteiger charge is 2.57. The van der Waals surface area contributed by atoms with Crippen molar-refractivity contribution in [2.24, 2.45) is 11.8 Å². The summed E-state index contributed by atoms with van der Waals surface area (Å²) in [5, 5.41) is 14.6. The molecular weight excluding hydrogens is 825 g/mol. The van der Waals surface area contributed by atoms with Crippen molar-refractivity contribution >= 4 is 64.4 Å². The van der Waals surface area contributed by atoms with Crippen LogP contribution in [0.1, 0.15) is 54.4 Å². The SMILES string of the molecule is C=CCO[C@@H]1OC(COP)[C@@H](O[C@@H]2OC(COP)[C@H](O)[C@H](O[C@]3(C)C[C@@H](OC(C)=O)[C@@H](NC(C)=O)C([C@H](C)[C@H](C)CC)O3)C2OP)[C@H](P=O)C1OP.O=C=O. The molecule has 0 saturated carbocycles. The van der Waals surface area contributed by atoms with Crippen LogP contribution in [0.15, 0.2) is 12.7 Å². The van der Waals surface area contributed by atoms with Gasteiger partial charge in [-0.15, -0.1) is 6.58 Å². The Labute approximate surface area is 332 Å². The molecule has 55 heavy (non-hydrogen) atoms. The Bertz CT molecular complexity index is 1260. The van der Waals surface area contributed by atoms with Crippen molar-refractivity contribution in [2.45, 2.75) is 139 Å². The molecule has 0 radical (unpaired) electrons. The van der Waals surface area contributed by atoms with Crippen molar-refractivity contribution in [3.63, 3.8) is 0 Å². The zero-order valence-corrected chi connectivity index (χ0v) is 37.2. The summed E-state index contributed by atoms with van der Waals surface area (Å²) in [7, 11) is 8.22. The number of aliphatic hydroxyl groups excluding tert-OH is 1. The Balaban J connectivity index is 0.00000337. The molecule has 316 valence electrons. The maximum absolute atomic E-state index is 12.8. The molecule has 0 bridgehead atoms. The quantitative estimate of drug-likeness (QED) is 0.108. The highest BCUT2D eigenvalue weighted by Crippen LogP contribution is 2.42. The lowest BCUT2D eigenvalue weighted by Gasteiger charge is -2.52. The third kappa shape index (κ3) is 14.0. The van der Waals surface area contributed by atoms with Crippen LogP contribution in [0, 0.1) is 11.8 Å². The van der Waals surface area contributed by atoms with Gasteiger partial charge in [0.2, 0.25) is 5.91 Å². The van der Waals surface area contributed by atoms with E-state index in [1.165, 1.54) is 13.8 Å². The molecule has 0 aliphatic carbocycles. The summed E-state index contributed by atoms with van der Waals surface area (Å²) in [6.07, 6.45) is -8.47. The number of nitrogens with one attached hydrogen (secondary N) is 1. The number of carbonyl (C=O) groups excluding carboxylic acids is 4. The lowest BCUT2D eigenvalue weighted by atomic mass is 9.80. The molecule has 0 aromatic carbocycles. The van der Waals surface area contributed by atoms with Crippen LogP contribution in [0.3, 0.4) is 0 Å². The first kappa shape index (κ1) is 50.6. The van der Waals surface area contributed by atoms with Crippen molar-refractivity contribution in [1.29, 1.82) is 0 Å². The van der Waals surface area contributed by atoms with Crippen LogP contribution in [-0.2, 0) is 75.0 Å². The van der Waals surface area contributed by atoms with Gasteiger partial charge in [0.15, 0.2) is 26.8 Å². The number of aliphatic hydroxyl groups is 1. The molecular formula is C32H56NO17P5. The van der Waals surface area contributed by atoms with Crippen LogP contribution in [-0.4, -0.2) is 128 Å². The third-order valence-electron chi connectivity index (χ3n) is 9.71. The molecule has 3 fully saturated rings. The van der Waals surface area contributed by atoms with E-state index in [1.807, 2.05) is 6.92 Å². The number of hydrogen-bond donors (Lipinski definition) is 2. The van der Waals surface area contributed by atoms with Crippen molar-refractivity contribution in [2.75, 3.05) is 19.8 Å². The largest absolute Gasteiger partial charge is 0.460 e. The second-order valence-electron chi connectivity index (χ2n) is 13.5. The molecule has 2 N–H and O–H groups in total. The summed E-state index contributed by atoms with van der Waals surface area (Å²) in [5.41, 5.74) is -0.847. The first-order chi connectivity index (χ1) is 26.1. The third-order valence-corrected chi connectivity index (χ3v) is 11.6. The van der Waals surface area contributed by atoms with Gasteiger partial charge in [-0.3, -0.25) is 14.2 Å². The van der Waals surface area contributed by atoms with E-state index in [9.17, 15) is 19.3 Å². The number of carbonyl (C=O) groups is 2. The van der Waals surface area contributed by atoms with Gasteiger partial charge in [-0.1, -0.05) is 33.3 Å². The van der Waals surface area contributed by atoms with Crippen LogP contribution < -0.4 is 5.32 Å². The van der Waals surface area contributed by atoms with E-state index in [2.05, 4.69) is 63.6 Å². The number of amides is 1. The lowest BCUT2D eigenvalue weighted by Crippen LogP contribution is -2.68. The minimum atomic E-state index is -1.49. The van der Waals surface area contributed by atoms with Crippen LogP contribution in [0.25, 0.3) is 0 Å². The first-order valence-corrected chi connectivity index (χ1v) is 20.2. The Morgan fingerprint density at radius 1 is 1.02 bits per heavy atom. The predicted molar refractivity (Wildman–Crippen MR) is 206 cm³/mol. The van der Waals surface area contributed by atoms with Gasteiger partial charge in [0, 0.05) is 58.1 Å². The Kier molecular flexibility index (Phi) is 23.1. The number of ether oxygens (including phenoxy) is 7. The van der Waals surface area contributed by atoms with Gasteiger partial charge in [-0.05, 0) is 18.8 Å². The zero-order valence-electron chi connectivity index (χ0n) is 31.7. The number of rotatable bonds is 19. The Morgan fingerprint density at radius 3 is 2.13 bits per heavy atom. The Morgan fingerprint density at radius 2 is 1.62 bits per heavy atom. The van der Waals surface area contributed by atoms with Gasteiger partial charge in [0.25, 0.3) is 0 Å². The summed E-state index contributed by atoms with van der Waals surface area (Å²) in [6.45, 7) is 14.2. The maximum atomic E-state index is 12.8. The lowest BCUT2D eigenvalue weighted by molar-refractivity contribution is -0.376. The van der Waals surface area contributed by atoms with Crippen molar-refractivity contribution < 1.29 is 80.1 Å². The van der Waals surface area contributed by atoms with Gasteiger partial charge >= 0.3 is 12.1 Å². The van der Waals surface area contributed by atoms with E-state index < -0.39 is 91.0 Å². The molecule has 23 heteroatoms. The van der Waals surface area contributed by atoms with E-state index >= 15 is 0 Å². The first-order valence-electron chi connectivity index (χ1n) is 17.5. The van der Waals surface area contributed by atoms with Crippen LogP contribution in [0.4, 0.5) is 0 Å². The average Bonchev–Trinajstić information content (AvgIpc) is 3.13. The van der Waals surface area contributed by atoms with Gasteiger partial charge in [-0.2, -0.15) is 9.59 Å². The van der Waals surface area contributed by atoms with E-state index in [4.69, 9.17) is 60.8 Å². The summed E-state index contributed by atoms with van der Waals surface area (Å²) < 4.78 is 78.8. The standard InChI is InChI=1S/C31H56NO15P5.CO2/c1-8-10-37-29-27(47-51)28(52-36)24(20(42-29)13-39-49)43-30-26(46-50)25(22(35)19(41-30)12-38-48)45-31(7)11-18(40-17(6)34)21(32-16(5)33)23(44-31)15(4)14(3)9-2;2-1-3/h8,14-15,18-30,35H,1,9-13,48-51H2,2-7H3,(H,32,33);/t14-,15-,18-,19?,20?,21-,22+,23?,24-,25+,26?,27?,28+,29-,30+,31-;/m1./s1. The second kappa shape index (κ2) is 25.2. The van der Waals surface area contributed by atoms with E-state index in [0.717, 1.165) is 6.42 Å². The minimum Gasteiger partial charge on any atom is -0.460 e. The molecule has 3 aliphatic rings. The fraction of sp³-hybridized carbons (Fsp3) is 0.844. The van der Waals surface area contributed by atoms with Gasteiger partial charge < -0.3 is 61.7 Å². The highest BCUT2D eigenvalue weighted by atomic mass is 31.1. The molecule has 20 atom stereocenters. The summed E-state index contributed by atoms with van der Waals surface area (Å²) >= 11 is 0. The van der Waals surface area contributed by atoms with Gasteiger partial charge in [-0.25, -0.2) is 0 Å². The topological polar surface area (TPSA) is 219 Å². The van der Waals surface area contributed by atoms with Crippen molar-refractivity contribution in [3.8, 4) is 0 Å². The predicted octanol–water partition coefficient (Wildman–Crippen LogP) is 2.43. The molecule has 3 aliphatic heterocycles. The molecule has 3 saturated heterocycles. The molecule has 3 heterocycles. The van der Waals surface area contributed by atoms with Crippen molar-refractivity contribution in [1.82, 2.24) is 5.32 Å². The van der Waals surface area contributed by atoms with E-state index in [0.29, 0.717) is 0 Å². The zero-order chi connectivity index (χ0) is 41.5. The van der Waals surface area contributed by atoms with Crippen LogP contribution in [0.2, 0.25) is 0 Å². The molecule has 0 spiro atoms. The van der Waals surface area contributed by atoms with E-state index in [-0.39, 0.29) is 58.6 Å². The molecule has 0 aromatic rings. The summed E-state index contributed by atoms with van der Waals surface area (Å²) in [4.78, 5) is 41.0. The number of hydrogen-bond acceptors (Lipinski definition) is 17. The second-order valence-corrected chi connectivity index (χ2v) is 15.5. The van der Waals surface area contributed by atoms with Gasteiger partial charge in [0.05, 0.1) is 32.0 Å². The maximum Gasteiger partial charge on any atom is 0.373 e. The minimum absolute atomic E-state index is 0.00659. The smallest absolute Gasteiger partial charge is 0.373 e. The summed E-state index contributed by atoms with van der Waals surface area (Å²) in [6, 6.07) is -0.679. The average molecular weight is 882 g/mol. The van der Waals surface area contributed by atoms with Gasteiger partial charge in [0.1, 0.15) is 54.5 Å². The van der Waals surface area contributed by atoms with E-state index in [1.54, 1.807) is 13.0 Å².